The molecule has 5 nitrogen and oxygen atoms in total. The number of carbonyl (C=O) groups is 1. The molecule has 0 saturated heterocycles. The van der Waals surface area contributed by atoms with Gasteiger partial charge in [-0.05, 0) is 6.07 Å². The number of aliphatic hydroxyl groups is 1. The predicted octanol–water partition coefficient (Wildman–Crippen LogP) is 1.48. The lowest BCUT2D eigenvalue weighted by atomic mass is 10.2. The number of ether oxygens (including phenoxy) is 2. The fraction of sp³-hybridized carbons (Fsp3) is 0.400. The van der Waals surface area contributed by atoms with E-state index in [4.69, 9.17) is 14.6 Å². The Morgan fingerprint density at radius 1 is 1.10 bits per heavy atom. The molecule has 108 valence electrons. The van der Waals surface area contributed by atoms with Gasteiger partial charge >= 0.3 is 0 Å². The van der Waals surface area contributed by atoms with Crippen LogP contribution in [-0.4, -0.2) is 49.0 Å². The Hall–Kier alpha value is -1.69. The first-order valence-electron chi connectivity index (χ1n) is 6.66. The number of fused-ring (bicyclic) bond motifs is 1. The number of rotatable bonds is 9. The maximum atomic E-state index is 11.0. The first kappa shape index (κ1) is 14.7. The van der Waals surface area contributed by atoms with Gasteiger partial charge in [0.05, 0.1) is 33.0 Å². The molecule has 0 aliphatic heterocycles. The van der Waals surface area contributed by atoms with E-state index >= 15 is 0 Å². The summed E-state index contributed by atoms with van der Waals surface area (Å²) in [6.45, 7) is 2.60. The van der Waals surface area contributed by atoms with E-state index < -0.39 is 0 Å². The van der Waals surface area contributed by atoms with E-state index in [0.29, 0.717) is 38.5 Å². The molecule has 0 fully saturated rings. The summed E-state index contributed by atoms with van der Waals surface area (Å²) in [7, 11) is 0. The first-order chi connectivity index (χ1) is 9.86. The van der Waals surface area contributed by atoms with Crippen molar-refractivity contribution in [2.45, 2.75) is 6.54 Å². The standard InChI is InChI=1S/C15H19NO4/c17-6-8-20-10-9-19-7-5-16-11-13(12-18)14-3-1-2-4-15(14)16/h1-4,11-12,17H,5-10H2. The van der Waals surface area contributed by atoms with Gasteiger partial charge in [-0.3, -0.25) is 4.79 Å². The average molecular weight is 277 g/mol. The van der Waals surface area contributed by atoms with Crippen molar-refractivity contribution in [3.8, 4) is 0 Å². The van der Waals surface area contributed by atoms with Crippen LogP contribution in [0.25, 0.3) is 10.9 Å². The van der Waals surface area contributed by atoms with Crippen LogP contribution in [-0.2, 0) is 16.0 Å². The summed E-state index contributed by atoms with van der Waals surface area (Å²) in [5, 5.41) is 9.51. The number of carbonyl (C=O) groups excluding carboxylic acids is 1. The van der Waals surface area contributed by atoms with E-state index in [2.05, 4.69) is 0 Å². The topological polar surface area (TPSA) is 60.7 Å². The van der Waals surface area contributed by atoms with Crippen LogP contribution in [0, 0.1) is 0 Å². The zero-order chi connectivity index (χ0) is 14.2. The van der Waals surface area contributed by atoms with Crippen molar-refractivity contribution in [2.75, 3.05) is 33.0 Å². The molecule has 1 N–H and O–H groups in total. The molecular formula is C15H19NO4. The monoisotopic (exact) mass is 277 g/mol. The summed E-state index contributed by atoms with van der Waals surface area (Å²) in [6.07, 6.45) is 2.73. The minimum Gasteiger partial charge on any atom is -0.394 e. The predicted molar refractivity (Wildman–Crippen MR) is 76.0 cm³/mol. The number of aldehydes is 1. The third-order valence-corrected chi connectivity index (χ3v) is 3.03. The van der Waals surface area contributed by atoms with E-state index in [1.807, 2.05) is 35.0 Å². The Balaban J connectivity index is 1.85. The lowest BCUT2D eigenvalue weighted by Crippen LogP contribution is -2.10. The molecule has 0 aliphatic carbocycles. The number of hydrogen-bond donors (Lipinski definition) is 1. The lowest BCUT2D eigenvalue weighted by molar-refractivity contribution is 0.0312. The van der Waals surface area contributed by atoms with Gasteiger partial charge in [0.15, 0.2) is 6.29 Å². The Kier molecular flexibility index (Phi) is 5.73. The highest BCUT2D eigenvalue weighted by atomic mass is 16.5. The van der Waals surface area contributed by atoms with Gasteiger partial charge in [0, 0.05) is 29.2 Å². The number of aliphatic hydroxyl groups excluding tert-OH is 1. The summed E-state index contributed by atoms with van der Waals surface area (Å²) in [5.74, 6) is 0. The number of hydrogen-bond acceptors (Lipinski definition) is 4. The molecule has 0 amide bonds. The molecule has 0 unspecified atom stereocenters. The zero-order valence-electron chi connectivity index (χ0n) is 11.3. The third kappa shape index (κ3) is 3.66. The van der Waals surface area contributed by atoms with Crippen LogP contribution in [0.2, 0.25) is 0 Å². The van der Waals surface area contributed by atoms with Crippen molar-refractivity contribution < 1.29 is 19.4 Å². The van der Waals surface area contributed by atoms with Crippen LogP contribution >= 0.6 is 0 Å². The molecule has 0 aliphatic rings. The molecule has 1 aromatic heterocycles. The Morgan fingerprint density at radius 2 is 1.85 bits per heavy atom. The molecule has 0 atom stereocenters. The maximum absolute atomic E-state index is 11.0. The second-order valence-corrected chi connectivity index (χ2v) is 4.36. The van der Waals surface area contributed by atoms with E-state index in [9.17, 15) is 4.79 Å². The molecule has 2 rings (SSSR count). The van der Waals surface area contributed by atoms with E-state index in [1.165, 1.54) is 0 Å². The van der Waals surface area contributed by atoms with Crippen molar-refractivity contribution in [3.05, 3.63) is 36.0 Å². The zero-order valence-corrected chi connectivity index (χ0v) is 11.3. The smallest absolute Gasteiger partial charge is 0.152 e. The van der Waals surface area contributed by atoms with Gasteiger partial charge in [0.25, 0.3) is 0 Å². The number of para-hydroxylation sites is 1. The summed E-state index contributed by atoms with van der Waals surface area (Å²) in [5.41, 5.74) is 1.74. The van der Waals surface area contributed by atoms with Crippen molar-refractivity contribution in [3.63, 3.8) is 0 Å². The first-order valence-corrected chi connectivity index (χ1v) is 6.66. The van der Waals surface area contributed by atoms with Crippen LogP contribution in [0.3, 0.4) is 0 Å². The van der Waals surface area contributed by atoms with Gasteiger partial charge in [0.2, 0.25) is 0 Å². The molecule has 0 radical (unpaired) electrons. The minimum atomic E-state index is 0.0316. The molecule has 0 spiro atoms. The fourth-order valence-electron chi connectivity index (χ4n) is 2.10. The average Bonchev–Trinajstić information content (AvgIpc) is 2.85. The maximum Gasteiger partial charge on any atom is 0.152 e. The van der Waals surface area contributed by atoms with Crippen LogP contribution < -0.4 is 0 Å². The van der Waals surface area contributed by atoms with Gasteiger partial charge in [-0.25, -0.2) is 0 Å². The van der Waals surface area contributed by atoms with E-state index in [1.54, 1.807) is 0 Å². The van der Waals surface area contributed by atoms with Crippen molar-refractivity contribution >= 4 is 17.2 Å². The van der Waals surface area contributed by atoms with Crippen molar-refractivity contribution in [2.24, 2.45) is 0 Å². The third-order valence-electron chi connectivity index (χ3n) is 3.03. The Labute approximate surface area is 117 Å². The summed E-state index contributed by atoms with van der Waals surface area (Å²) in [4.78, 5) is 11.0. The second kappa shape index (κ2) is 7.79. The highest BCUT2D eigenvalue weighted by molar-refractivity contribution is 5.97. The van der Waals surface area contributed by atoms with Crippen molar-refractivity contribution in [1.29, 1.82) is 0 Å². The molecule has 20 heavy (non-hydrogen) atoms. The van der Waals surface area contributed by atoms with Crippen LogP contribution in [0.4, 0.5) is 0 Å². The largest absolute Gasteiger partial charge is 0.394 e. The molecule has 0 saturated carbocycles. The SMILES string of the molecule is O=Cc1cn(CCOCCOCCO)c2ccccc12. The van der Waals surface area contributed by atoms with Crippen molar-refractivity contribution in [1.82, 2.24) is 4.57 Å². The summed E-state index contributed by atoms with van der Waals surface area (Å²) >= 11 is 0. The van der Waals surface area contributed by atoms with Gasteiger partial charge in [0.1, 0.15) is 0 Å². The summed E-state index contributed by atoms with van der Waals surface area (Å²) < 4.78 is 12.6. The molecule has 1 aromatic carbocycles. The van der Waals surface area contributed by atoms with Gasteiger partial charge in [-0.1, -0.05) is 18.2 Å². The number of benzene rings is 1. The van der Waals surface area contributed by atoms with Crippen LogP contribution in [0.15, 0.2) is 30.5 Å². The minimum absolute atomic E-state index is 0.0316. The molecule has 1 heterocycles. The quantitative estimate of drug-likeness (QED) is 0.557. The number of nitrogens with zero attached hydrogens (tertiary/aromatic N) is 1. The Morgan fingerprint density at radius 3 is 2.60 bits per heavy atom. The summed E-state index contributed by atoms with van der Waals surface area (Å²) in [6, 6.07) is 7.82. The Bertz CT molecular complexity index is 550. The van der Waals surface area contributed by atoms with E-state index in [-0.39, 0.29) is 6.61 Å². The van der Waals surface area contributed by atoms with Crippen LogP contribution in [0.1, 0.15) is 10.4 Å². The highest BCUT2D eigenvalue weighted by Crippen LogP contribution is 2.19. The lowest BCUT2D eigenvalue weighted by Gasteiger charge is -2.07. The highest BCUT2D eigenvalue weighted by Gasteiger charge is 2.06. The fourth-order valence-corrected chi connectivity index (χ4v) is 2.10. The number of aromatic nitrogens is 1. The molecule has 0 bridgehead atoms. The normalized spacial score (nSPS) is 11.1. The van der Waals surface area contributed by atoms with Gasteiger partial charge in [-0.15, -0.1) is 0 Å². The molecular weight excluding hydrogens is 258 g/mol. The van der Waals surface area contributed by atoms with Crippen LogP contribution in [0.5, 0.6) is 0 Å². The molecule has 5 heteroatoms. The second-order valence-electron chi connectivity index (χ2n) is 4.36. The molecule has 2 aromatic rings. The van der Waals surface area contributed by atoms with Gasteiger partial charge in [-0.2, -0.15) is 0 Å². The van der Waals surface area contributed by atoms with Gasteiger partial charge < -0.3 is 19.1 Å². The van der Waals surface area contributed by atoms with E-state index in [0.717, 1.165) is 17.2 Å².